The van der Waals surface area contributed by atoms with Crippen LogP contribution in [0.1, 0.15) is 18.5 Å². The Morgan fingerprint density at radius 3 is 2.68 bits per heavy atom. The smallest absolute Gasteiger partial charge is 0.141 e. The standard InChI is InChI=1S/C15H15ClFNO/c1-10(11-4-3-5-13(8-11)19-2)18-12-6-7-15(17)14(16)9-12/h3-10,18H,1-2H3. The van der Waals surface area contributed by atoms with E-state index in [1.807, 2.05) is 31.2 Å². The van der Waals surface area contributed by atoms with Crippen LogP contribution in [0, 0.1) is 5.82 Å². The van der Waals surface area contributed by atoms with Crippen LogP contribution in [0.15, 0.2) is 42.5 Å². The minimum atomic E-state index is -0.416. The molecule has 1 unspecified atom stereocenters. The predicted molar refractivity (Wildman–Crippen MR) is 76.4 cm³/mol. The van der Waals surface area contributed by atoms with E-state index in [2.05, 4.69) is 5.32 Å². The molecule has 19 heavy (non-hydrogen) atoms. The van der Waals surface area contributed by atoms with Crippen LogP contribution in [0.2, 0.25) is 5.02 Å². The summed E-state index contributed by atoms with van der Waals surface area (Å²) in [5.41, 5.74) is 1.86. The highest BCUT2D eigenvalue weighted by Gasteiger charge is 2.08. The van der Waals surface area contributed by atoms with Crippen molar-refractivity contribution in [3.05, 3.63) is 58.9 Å². The fraction of sp³-hybridized carbons (Fsp3) is 0.200. The van der Waals surface area contributed by atoms with Crippen LogP contribution in [-0.4, -0.2) is 7.11 Å². The molecule has 0 aliphatic heterocycles. The van der Waals surface area contributed by atoms with Gasteiger partial charge in [-0.1, -0.05) is 23.7 Å². The van der Waals surface area contributed by atoms with E-state index in [4.69, 9.17) is 16.3 Å². The van der Waals surface area contributed by atoms with Gasteiger partial charge in [0.25, 0.3) is 0 Å². The first-order valence-electron chi connectivity index (χ1n) is 5.95. The van der Waals surface area contributed by atoms with E-state index in [0.29, 0.717) is 0 Å². The molecular formula is C15H15ClFNO. The lowest BCUT2D eigenvalue weighted by Crippen LogP contribution is -2.06. The zero-order valence-corrected chi connectivity index (χ0v) is 11.5. The lowest BCUT2D eigenvalue weighted by Gasteiger charge is -2.16. The number of benzene rings is 2. The van der Waals surface area contributed by atoms with Gasteiger partial charge in [0.15, 0.2) is 0 Å². The predicted octanol–water partition coefficient (Wildman–Crippen LogP) is 4.66. The number of hydrogen-bond acceptors (Lipinski definition) is 2. The normalized spacial score (nSPS) is 12.0. The fourth-order valence-electron chi connectivity index (χ4n) is 1.83. The average molecular weight is 280 g/mol. The van der Waals surface area contributed by atoms with Gasteiger partial charge in [-0.3, -0.25) is 0 Å². The Hall–Kier alpha value is -1.74. The van der Waals surface area contributed by atoms with Gasteiger partial charge >= 0.3 is 0 Å². The fourth-order valence-corrected chi connectivity index (χ4v) is 2.01. The first kappa shape index (κ1) is 13.7. The largest absolute Gasteiger partial charge is 0.497 e. The summed E-state index contributed by atoms with van der Waals surface area (Å²) in [7, 11) is 1.64. The zero-order chi connectivity index (χ0) is 13.8. The maximum atomic E-state index is 13.1. The Morgan fingerprint density at radius 2 is 2.00 bits per heavy atom. The minimum absolute atomic E-state index is 0.0663. The Kier molecular flexibility index (Phi) is 4.27. The number of methoxy groups -OCH3 is 1. The minimum Gasteiger partial charge on any atom is -0.497 e. The van der Waals surface area contributed by atoms with Crippen LogP contribution < -0.4 is 10.1 Å². The number of halogens is 2. The summed E-state index contributed by atoms with van der Waals surface area (Å²) in [6.07, 6.45) is 0. The molecular weight excluding hydrogens is 265 g/mol. The van der Waals surface area contributed by atoms with Gasteiger partial charge < -0.3 is 10.1 Å². The highest BCUT2D eigenvalue weighted by Crippen LogP contribution is 2.25. The molecule has 0 bridgehead atoms. The summed E-state index contributed by atoms with van der Waals surface area (Å²) < 4.78 is 18.3. The van der Waals surface area contributed by atoms with Gasteiger partial charge in [0.05, 0.1) is 12.1 Å². The van der Waals surface area contributed by atoms with E-state index >= 15 is 0 Å². The Balaban J connectivity index is 2.15. The second-order valence-electron chi connectivity index (χ2n) is 4.27. The van der Waals surface area contributed by atoms with E-state index in [1.54, 1.807) is 19.2 Å². The molecule has 0 heterocycles. The van der Waals surface area contributed by atoms with Crippen LogP contribution in [0.5, 0.6) is 5.75 Å². The molecule has 2 rings (SSSR count). The number of anilines is 1. The number of nitrogens with one attached hydrogen (secondary N) is 1. The molecule has 0 aromatic heterocycles. The summed E-state index contributed by atoms with van der Waals surface area (Å²) in [6.45, 7) is 2.02. The third-order valence-corrected chi connectivity index (χ3v) is 3.19. The van der Waals surface area contributed by atoms with E-state index in [0.717, 1.165) is 17.0 Å². The summed E-state index contributed by atoms with van der Waals surface area (Å²) in [4.78, 5) is 0. The summed E-state index contributed by atoms with van der Waals surface area (Å²) >= 11 is 5.76. The SMILES string of the molecule is COc1cccc(C(C)Nc2ccc(F)c(Cl)c2)c1. The van der Waals surface area contributed by atoms with Gasteiger partial charge in [-0.25, -0.2) is 4.39 Å². The van der Waals surface area contributed by atoms with Crippen molar-refractivity contribution in [1.29, 1.82) is 0 Å². The number of hydrogen-bond donors (Lipinski definition) is 1. The third-order valence-electron chi connectivity index (χ3n) is 2.90. The molecule has 0 aliphatic carbocycles. The van der Waals surface area contributed by atoms with E-state index in [9.17, 15) is 4.39 Å². The van der Waals surface area contributed by atoms with Gasteiger partial charge in [-0.15, -0.1) is 0 Å². The molecule has 0 amide bonds. The van der Waals surface area contributed by atoms with Crippen molar-refractivity contribution in [1.82, 2.24) is 0 Å². The van der Waals surface area contributed by atoms with Gasteiger partial charge in [0.2, 0.25) is 0 Å². The molecule has 0 aliphatic rings. The highest BCUT2D eigenvalue weighted by atomic mass is 35.5. The molecule has 1 atom stereocenters. The van der Waals surface area contributed by atoms with Gasteiger partial charge in [0.1, 0.15) is 11.6 Å². The van der Waals surface area contributed by atoms with Crippen molar-refractivity contribution in [3.63, 3.8) is 0 Å². The highest BCUT2D eigenvalue weighted by molar-refractivity contribution is 6.31. The zero-order valence-electron chi connectivity index (χ0n) is 10.8. The number of rotatable bonds is 4. The molecule has 4 heteroatoms. The molecule has 100 valence electrons. The van der Waals surface area contributed by atoms with Gasteiger partial charge in [0, 0.05) is 11.7 Å². The molecule has 0 saturated heterocycles. The van der Waals surface area contributed by atoms with Crippen molar-refractivity contribution in [3.8, 4) is 5.75 Å². The molecule has 0 radical (unpaired) electrons. The van der Waals surface area contributed by atoms with Crippen LogP contribution >= 0.6 is 11.6 Å². The van der Waals surface area contributed by atoms with Crippen molar-refractivity contribution in [2.75, 3.05) is 12.4 Å². The van der Waals surface area contributed by atoms with Crippen molar-refractivity contribution >= 4 is 17.3 Å². The summed E-state index contributed by atoms with van der Waals surface area (Å²) in [5.74, 6) is 0.393. The monoisotopic (exact) mass is 279 g/mol. The lowest BCUT2D eigenvalue weighted by atomic mass is 10.1. The summed E-state index contributed by atoms with van der Waals surface area (Å²) in [6, 6.07) is 12.5. The first-order valence-corrected chi connectivity index (χ1v) is 6.33. The lowest BCUT2D eigenvalue weighted by molar-refractivity contribution is 0.414. The Labute approximate surface area is 117 Å². The molecule has 0 fully saturated rings. The first-order chi connectivity index (χ1) is 9.10. The van der Waals surface area contributed by atoms with Crippen LogP contribution in [0.3, 0.4) is 0 Å². The molecule has 2 nitrogen and oxygen atoms in total. The average Bonchev–Trinajstić information content (AvgIpc) is 2.43. The second-order valence-corrected chi connectivity index (χ2v) is 4.68. The van der Waals surface area contributed by atoms with Gasteiger partial charge in [-0.2, -0.15) is 0 Å². The second kappa shape index (κ2) is 5.93. The Bertz CT molecular complexity index is 574. The van der Waals surface area contributed by atoms with E-state index < -0.39 is 5.82 Å². The van der Waals surface area contributed by atoms with E-state index in [-0.39, 0.29) is 11.1 Å². The van der Waals surface area contributed by atoms with Crippen molar-refractivity contribution < 1.29 is 9.13 Å². The third kappa shape index (κ3) is 3.38. The molecule has 2 aromatic carbocycles. The molecule has 0 saturated carbocycles. The van der Waals surface area contributed by atoms with Gasteiger partial charge in [-0.05, 0) is 42.8 Å². The molecule has 1 N–H and O–H groups in total. The van der Waals surface area contributed by atoms with Crippen molar-refractivity contribution in [2.24, 2.45) is 0 Å². The maximum absolute atomic E-state index is 13.1. The van der Waals surface area contributed by atoms with Crippen LogP contribution in [-0.2, 0) is 0 Å². The van der Waals surface area contributed by atoms with E-state index in [1.165, 1.54) is 6.07 Å². The van der Waals surface area contributed by atoms with Crippen molar-refractivity contribution in [2.45, 2.75) is 13.0 Å². The Morgan fingerprint density at radius 1 is 1.21 bits per heavy atom. The number of ether oxygens (including phenoxy) is 1. The molecule has 2 aromatic rings. The molecule has 0 spiro atoms. The van der Waals surface area contributed by atoms with Crippen LogP contribution in [0.25, 0.3) is 0 Å². The summed E-state index contributed by atoms with van der Waals surface area (Å²) in [5, 5.41) is 3.38. The van der Waals surface area contributed by atoms with Crippen LogP contribution in [0.4, 0.5) is 10.1 Å². The quantitative estimate of drug-likeness (QED) is 0.879. The topological polar surface area (TPSA) is 21.3 Å². The maximum Gasteiger partial charge on any atom is 0.141 e.